The van der Waals surface area contributed by atoms with E-state index in [0.29, 0.717) is 17.7 Å². The van der Waals surface area contributed by atoms with Crippen molar-refractivity contribution >= 4 is 21.6 Å². The number of aryl methyl sites for hydroxylation is 4. The zero-order valence-electron chi connectivity index (χ0n) is 20.5. The van der Waals surface area contributed by atoms with Gasteiger partial charge in [0.25, 0.3) is 15.9 Å². The summed E-state index contributed by atoms with van der Waals surface area (Å²) in [6.45, 7) is 9.41. The second-order valence-corrected chi connectivity index (χ2v) is 10.2. The third-order valence-corrected chi connectivity index (χ3v) is 7.42. The summed E-state index contributed by atoms with van der Waals surface area (Å²) in [6.07, 6.45) is 0.683. The number of hydrogen-bond acceptors (Lipinski definition) is 4. The minimum absolute atomic E-state index is 0.0781. The number of benzene rings is 3. The molecule has 1 atom stereocenters. The molecule has 2 N–H and O–H groups in total. The van der Waals surface area contributed by atoms with Crippen molar-refractivity contribution in [2.45, 2.75) is 52.0 Å². The van der Waals surface area contributed by atoms with Crippen molar-refractivity contribution in [3.05, 3.63) is 88.0 Å². The highest BCUT2D eigenvalue weighted by Crippen LogP contribution is 2.26. The first-order valence-corrected chi connectivity index (χ1v) is 12.7. The number of carbonyl (C=O) groups is 1. The SMILES string of the molecule is CCC(NC(=O)c1ccc(C)c(S(=O)(=O)Nc2cc(C)ccc2C)c1)c1ccc(OC)c(C)c1. The average molecular weight is 481 g/mol. The van der Waals surface area contributed by atoms with Crippen molar-refractivity contribution in [2.75, 3.05) is 11.8 Å². The number of amides is 1. The van der Waals surface area contributed by atoms with Crippen LogP contribution >= 0.6 is 0 Å². The summed E-state index contributed by atoms with van der Waals surface area (Å²) in [6, 6.07) is 15.9. The topological polar surface area (TPSA) is 84.5 Å². The van der Waals surface area contributed by atoms with E-state index in [1.807, 2.05) is 58.0 Å². The first kappa shape index (κ1) is 25.3. The maximum absolute atomic E-state index is 13.2. The number of ether oxygens (including phenoxy) is 1. The smallest absolute Gasteiger partial charge is 0.262 e. The maximum atomic E-state index is 13.2. The Hall–Kier alpha value is -3.32. The molecule has 0 spiro atoms. The number of carbonyl (C=O) groups excluding carboxylic acids is 1. The van der Waals surface area contributed by atoms with Gasteiger partial charge in [-0.05, 0) is 86.2 Å². The highest BCUT2D eigenvalue weighted by atomic mass is 32.2. The van der Waals surface area contributed by atoms with Crippen molar-refractivity contribution in [3.63, 3.8) is 0 Å². The van der Waals surface area contributed by atoms with Crippen LogP contribution in [0.5, 0.6) is 5.75 Å². The normalized spacial score (nSPS) is 12.2. The quantitative estimate of drug-likeness (QED) is 0.439. The van der Waals surface area contributed by atoms with E-state index in [0.717, 1.165) is 28.0 Å². The van der Waals surface area contributed by atoms with E-state index in [-0.39, 0.29) is 22.4 Å². The van der Waals surface area contributed by atoms with Crippen LogP contribution in [0.25, 0.3) is 0 Å². The summed E-state index contributed by atoms with van der Waals surface area (Å²) in [7, 11) is -2.26. The van der Waals surface area contributed by atoms with Crippen LogP contribution in [0.4, 0.5) is 5.69 Å². The van der Waals surface area contributed by atoms with Crippen molar-refractivity contribution in [1.82, 2.24) is 5.32 Å². The predicted octanol–water partition coefficient (Wildman–Crippen LogP) is 5.61. The van der Waals surface area contributed by atoms with Crippen LogP contribution in [0, 0.1) is 27.7 Å². The van der Waals surface area contributed by atoms with Gasteiger partial charge in [0, 0.05) is 5.56 Å². The molecule has 0 heterocycles. The van der Waals surface area contributed by atoms with Crippen molar-refractivity contribution in [1.29, 1.82) is 0 Å². The zero-order chi connectivity index (χ0) is 25.0. The van der Waals surface area contributed by atoms with Gasteiger partial charge >= 0.3 is 0 Å². The van der Waals surface area contributed by atoms with E-state index in [1.54, 1.807) is 32.2 Å². The molecule has 0 aromatic heterocycles. The van der Waals surface area contributed by atoms with Crippen molar-refractivity contribution < 1.29 is 17.9 Å². The molecule has 7 heteroatoms. The molecule has 6 nitrogen and oxygen atoms in total. The van der Waals surface area contributed by atoms with E-state index >= 15 is 0 Å². The van der Waals surface area contributed by atoms with Crippen LogP contribution in [0.3, 0.4) is 0 Å². The predicted molar refractivity (Wildman–Crippen MR) is 136 cm³/mol. The molecule has 3 aromatic rings. The minimum Gasteiger partial charge on any atom is -0.496 e. The summed E-state index contributed by atoms with van der Waals surface area (Å²) in [5.41, 5.74) is 5.09. The number of nitrogens with one attached hydrogen (secondary N) is 2. The summed E-state index contributed by atoms with van der Waals surface area (Å²) in [5.74, 6) is 0.457. The fourth-order valence-corrected chi connectivity index (χ4v) is 5.25. The number of rotatable bonds is 8. The Balaban J connectivity index is 1.87. The molecule has 0 saturated heterocycles. The minimum atomic E-state index is -3.88. The molecule has 0 radical (unpaired) electrons. The van der Waals surface area contributed by atoms with Crippen LogP contribution in [0.15, 0.2) is 59.5 Å². The lowest BCUT2D eigenvalue weighted by Crippen LogP contribution is -2.28. The van der Waals surface area contributed by atoms with Gasteiger partial charge in [-0.1, -0.05) is 37.3 Å². The van der Waals surface area contributed by atoms with Gasteiger partial charge in [-0.2, -0.15) is 0 Å². The zero-order valence-corrected chi connectivity index (χ0v) is 21.3. The van der Waals surface area contributed by atoms with Gasteiger partial charge in [0.15, 0.2) is 0 Å². The van der Waals surface area contributed by atoms with Crippen LogP contribution in [-0.4, -0.2) is 21.4 Å². The average Bonchev–Trinajstić information content (AvgIpc) is 2.79. The number of anilines is 1. The van der Waals surface area contributed by atoms with Gasteiger partial charge in [-0.25, -0.2) is 8.42 Å². The lowest BCUT2D eigenvalue weighted by atomic mass is 10.0. The Kier molecular flexibility index (Phi) is 7.67. The number of sulfonamides is 1. The Morgan fingerprint density at radius 1 is 0.912 bits per heavy atom. The summed E-state index contributed by atoms with van der Waals surface area (Å²) >= 11 is 0. The monoisotopic (exact) mass is 480 g/mol. The van der Waals surface area contributed by atoms with Gasteiger partial charge in [-0.3, -0.25) is 9.52 Å². The van der Waals surface area contributed by atoms with Crippen LogP contribution in [-0.2, 0) is 10.0 Å². The standard InChI is InChI=1S/C27H32N2O4S/c1-7-23(21-12-13-25(33-6)20(5)15-21)28-27(30)22-11-10-19(4)26(16-22)34(31,32)29-24-14-17(2)8-9-18(24)3/h8-16,23,29H,7H2,1-6H3,(H,28,30). The Morgan fingerprint density at radius 2 is 1.62 bits per heavy atom. The number of hydrogen-bond donors (Lipinski definition) is 2. The molecule has 1 unspecified atom stereocenters. The number of methoxy groups -OCH3 is 1. The van der Waals surface area contributed by atoms with Gasteiger partial charge in [0.1, 0.15) is 5.75 Å². The molecule has 0 aliphatic rings. The highest BCUT2D eigenvalue weighted by molar-refractivity contribution is 7.92. The Bertz CT molecular complexity index is 1320. The van der Waals surface area contributed by atoms with Crippen LogP contribution < -0.4 is 14.8 Å². The fraction of sp³-hybridized carbons (Fsp3) is 0.296. The molecule has 34 heavy (non-hydrogen) atoms. The molecule has 0 aliphatic carbocycles. The largest absolute Gasteiger partial charge is 0.496 e. The molecule has 3 rings (SSSR count). The van der Waals surface area contributed by atoms with E-state index in [4.69, 9.17) is 4.74 Å². The van der Waals surface area contributed by atoms with E-state index in [9.17, 15) is 13.2 Å². The van der Waals surface area contributed by atoms with Crippen molar-refractivity contribution in [2.24, 2.45) is 0 Å². The highest BCUT2D eigenvalue weighted by Gasteiger charge is 2.22. The summed E-state index contributed by atoms with van der Waals surface area (Å²) < 4.78 is 34.4. The molecule has 1 amide bonds. The van der Waals surface area contributed by atoms with Gasteiger partial charge in [0.2, 0.25) is 0 Å². The van der Waals surface area contributed by atoms with Gasteiger partial charge in [0.05, 0.1) is 23.7 Å². The first-order valence-electron chi connectivity index (χ1n) is 11.2. The van der Waals surface area contributed by atoms with Gasteiger partial charge in [-0.15, -0.1) is 0 Å². The van der Waals surface area contributed by atoms with E-state index in [2.05, 4.69) is 10.0 Å². The van der Waals surface area contributed by atoms with Crippen LogP contribution in [0.1, 0.15) is 57.6 Å². The molecule has 0 bridgehead atoms. The molecule has 0 fully saturated rings. The third kappa shape index (κ3) is 5.59. The molecule has 0 aliphatic heterocycles. The Labute approximate surface area is 202 Å². The van der Waals surface area contributed by atoms with Gasteiger partial charge < -0.3 is 10.1 Å². The molecule has 0 saturated carbocycles. The second kappa shape index (κ2) is 10.3. The summed E-state index contributed by atoms with van der Waals surface area (Å²) in [5, 5.41) is 3.03. The lowest BCUT2D eigenvalue weighted by Gasteiger charge is -2.19. The maximum Gasteiger partial charge on any atom is 0.262 e. The molecular weight excluding hydrogens is 448 g/mol. The first-order chi connectivity index (χ1) is 16.1. The molecular formula is C27H32N2O4S. The molecule has 3 aromatic carbocycles. The summed E-state index contributed by atoms with van der Waals surface area (Å²) in [4.78, 5) is 13.2. The fourth-order valence-electron chi connectivity index (χ4n) is 3.86. The lowest BCUT2D eigenvalue weighted by molar-refractivity contribution is 0.0935. The second-order valence-electron chi connectivity index (χ2n) is 8.57. The Morgan fingerprint density at radius 3 is 2.26 bits per heavy atom. The van der Waals surface area contributed by atoms with Crippen molar-refractivity contribution in [3.8, 4) is 5.75 Å². The van der Waals surface area contributed by atoms with E-state index < -0.39 is 10.0 Å². The third-order valence-electron chi connectivity index (χ3n) is 5.91. The molecule has 180 valence electrons. The van der Waals surface area contributed by atoms with E-state index in [1.165, 1.54) is 6.07 Å². The van der Waals surface area contributed by atoms with Crippen LogP contribution in [0.2, 0.25) is 0 Å².